The Balaban J connectivity index is 2.15. The molecule has 118 valence electrons. The van der Waals surface area contributed by atoms with E-state index in [1.807, 2.05) is 12.4 Å². The standard InChI is InChI=1S/C18H30N2O/c1-4-9-20-18(17-8-6-7-14(17)3)15-11-16(13-19-12-15)21-10-5-2/h11-14,17-18,20H,4-10H2,1-3H3. The summed E-state index contributed by atoms with van der Waals surface area (Å²) in [6.07, 6.45) is 10.1. The van der Waals surface area contributed by atoms with Gasteiger partial charge in [0, 0.05) is 12.2 Å². The van der Waals surface area contributed by atoms with Crippen LogP contribution in [0, 0.1) is 11.8 Å². The Morgan fingerprint density at radius 3 is 2.81 bits per heavy atom. The molecule has 2 rings (SSSR count). The van der Waals surface area contributed by atoms with Crippen molar-refractivity contribution in [2.24, 2.45) is 11.8 Å². The number of hydrogen-bond donors (Lipinski definition) is 1. The van der Waals surface area contributed by atoms with E-state index in [2.05, 4.69) is 37.1 Å². The Bertz CT molecular complexity index is 421. The van der Waals surface area contributed by atoms with Crippen molar-refractivity contribution >= 4 is 0 Å². The molecule has 1 aliphatic rings. The first-order chi connectivity index (χ1) is 10.3. The summed E-state index contributed by atoms with van der Waals surface area (Å²) in [6.45, 7) is 8.57. The van der Waals surface area contributed by atoms with Crippen LogP contribution >= 0.6 is 0 Å². The first-order valence-corrected chi connectivity index (χ1v) is 8.57. The van der Waals surface area contributed by atoms with Gasteiger partial charge in [0.25, 0.3) is 0 Å². The maximum absolute atomic E-state index is 5.75. The van der Waals surface area contributed by atoms with Crippen molar-refractivity contribution in [2.75, 3.05) is 13.2 Å². The molecule has 3 unspecified atom stereocenters. The second-order valence-electron chi connectivity index (χ2n) is 6.31. The van der Waals surface area contributed by atoms with Crippen LogP contribution in [0.1, 0.15) is 64.5 Å². The van der Waals surface area contributed by atoms with E-state index in [4.69, 9.17) is 4.74 Å². The Hall–Kier alpha value is -1.09. The van der Waals surface area contributed by atoms with E-state index < -0.39 is 0 Å². The zero-order chi connectivity index (χ0) is 15.1. The number of ether oxygens (including phenoxy) is 1. The normalized spacial score (nSPS) is 23.2. The van der Waals surface area contributed by atoms with Gasteiger partial charge in [-0.2, -0.15) is 0 Å². The summed E-state index contributed by atoms with van der Waals surface area (Å²) < 4.78 is 5.75. The van der Waals surface area contributed by atoms with Gasteiger partial charge in [-0.25, -0.2) is 0 Å². The molecule has 1 aromatic rings. The summed E-state index contributed by atoms with van der Waals surface area (Å²) in [5.41, 5.74) is 1.29. The molecule has 1 aliphatic carbocycles. The van der Waals surface area contributed by atoms with Gasteiger partial charge in [-0.3, -0.25) is 4.98 Å². The van der Waals surface area contributed by atoms with E-state index in [0.29, 0.717) is 6.04 Å². The van der Waals surface area contributed by atoms with E-state index in [0.717, 1.165) is 43.6 Å². The largest absolute Gasteiger partial charge is 0.492 e. The molecular formula is C18H30N2O. The van der Waals surface area contributed by atoms with Gasteiger partial charge in [0.2, 0.25) is 0 Å². The molecule has 3 heteroatoms. The SMILES string of the molecule is CCCNC(c1cncc(OCCC)c1)C1CCCC1C. The minimum absolute atomic E-state index is 0.417. The van der Waals surface area contributed by atoms with Crippen LogP contribution in [0.5, 0.6) is 5.75 Å². The predicted octanol–water partition coefficient (Wildman–Crippen LogP) is 4.35. The molecule has 1 fully saturated rings. The highest BCUT2D eigenvalue weighted by Gasteiger charge is 2.31. The maximum Gasteiger partial charge on any atom is 0.137 e. The number of aromatic nitrogens is 1. The minimum Gasteiger partial charge on any atom is -0.492 e. The molecule has 1 N–H and O–H groups in total. The molecular weight excluding hydrogens is 260 g/mol. The van der Waals surface area contributed by atoms with Gasteiger partial charge in [0.1, 0.15) is 5.75 Å². The van der Waals surface area contributed by atoms with Crippen molar-refractivity contribution in [3.8, 4) is 5.75 Å². The molecule has 3 nitrogen and oxygen atoms in total. The smallest absolute Gasteiger partial charge is 0.137 e. The predicted molar refractivity (Wildman–Crippen MR) is 87.6 cm³/mol. The van der Waals surface area contributed by atoms with Gasteiger partial charge >= 0.3 is 0 Å². The number of pyridine rings is 1. The molecule has 0 aromatic carbocycles. The van der Waals surface area contributed by atoms with Crippen molar-refractivity contribution in [1.82, 2.24) is 10.3 Å². The molecule has 21 heavy (non-hydrogen) atoms. The third-order valence-corrected chi connectivity index (χ3v) is 4.54. The Morgan fingerprint density at radius 2 is 2.14 bits per heavy atom. The average Bonchev–Trinajstić information content (AvgIpc) is 2.92. The van der Waals surface area contributed by atoms with Crippen molar-refractivity contribution in [2.45, 2.75) is 58.9 Å². The molecule has 0 amide bonds. The Morgan fingerprint density at radius 1 is 1.29 bits per heavy atom. The fourth-order valence-electron chi connectivity index (χ4n) is 3.39. The lowest BCUT2D eigenvalue weighted by molar-refractivity contribution is 0.296. The molecule has 0 radical (unpaired) electrons. The van der Waals surface area contributed by atoms with Crippen molar-refractivity contribution in [3.63, 3.8) is 0 Å². The lowest BCUT2D eigenvalue weighted by Gasteiger charge is -2.28. The summed E-state index contributed by atoms with van der Waals surface area (Å²) in [6, 6.07) is 2.60. The highest BCUT2D eigenvalue weighted by Crippen LogP contribution is 2.40. The zero-order valence-corrected chi connectivity index (χ0v) is 13.8. The number of nitrogens with one attached hydrogen (secondary N) is 1. The van der Waals surface area contributed by atoms with Gasteiger partial charge in [0.05, 0.1) is 12.8 Å². The molecule has 1 heterocycles. The van der Waals surface area contributed by atoms with Crippen LogP contribution in [0.2, 0.25) is 0 Å². The summed E-state index contributed by atoms with van der Waals surface area (Å²) >= 11 is 0. The second kappa shape index (κ2) is 8.38. The van der Waals surface area contributed by atoms with E-state index in [9.17, 15) is 0 Å². The van der Waals surface area contributed by atoms with E-state index >= 15 is 0 Å². The van der Waals surface area contributed by atoms with Gasteiger partial charge < -0.3 is 10.1 Å². The summed E-state index contributed by atoms with van der Waals surface area (Å²) in [5.74, 6) is 2.42. The van der Waals surface area contributed by atoms with Crippen LogP contribution < -0.4 is 10.1 Å². The molecule has 0 saturated heterocycles. The van der Waals surface area contributed by atoms with Gasteiger partial charge in [-0.05, 0) is 49.3 Å². The lowest BCUT2D eigenvalue weighted by atomic mass is 9.86. The summed E-state index contributed by atoms with van der Waals surface area (Å²) in [5, 5.41) is 3.75. The highest BCUT2D eigenvalue weighted by atomic mass is 16.5. The van der Waals surface area contributed by atoms with Gasteiger partial charge in [-0.1, -0.05) is 33.6 Å². The van der Waals surface area contributed by atoms with Crippen molar-refractivity contribution < 1.29 is 4.74 Å². The van der Waals surface area contributed by atoms with Crippen molar-refractivity contribution in [1.29, 1.82) is 0 Å². The molecule has 1 aromatic heterocycles. The van der Waals surface area contributed by atoms with Crippen LogP contribution in [0.3, 0.4) is 0 Å². The van der Waals surface area contributed by atoms with Gasteiger partial charge in [-0.15, -0.1) is 0 Å². The molecule has 0 spiro atoms. The highest BCUT2D eigenvalue weighted by molar-refractivity contribution is 5.27. The second-order valence-corrected chi connectivity index (χ2v) is 6.31. The zero-order valence-electron chi connectivity index (χ0n) is 13.8. The van der Waals surface area contributed by atoms with E-state index in [1.165, 1.54) is 24.8 Å². The third kappa shape index (κ3) is 4.44. The first-order valence-electron chi connectivity index (χ1n) is 8.57. The molecule has 1 saturated carbocycles. The van der Waals surface area contributed by atoms with Crippen LogP contribution in [0.15, 0.2) is 18.5 Å². The fourth-order valence-corrected chi connectivity index (χ4v) is 3.39. The fraction of sp³-hybridized carbons (Fsp3) is 0.722. The maximum atomic E-state index is 5.75. The topological polar surface area (TPSA) is 34.2 Å². The average molecular weight is 290 g/mol. The van der Waals surface area contributed by atoms with Crippen LogP contribution in [0.4, 0.5) is 0 Å². The van der Waals surface area contributed by atoms with Gasteiger partial charge in [0.15, 0.2) is 0 Å². The quantitative estimate of drug-likeness (QED) is 0.773. The number of nitrogens with zero attached hydrogens (tertiary/aromatic N) is 1. The van der Waals surface area contributed by atoms with Crippen molar-refractivity contribution in [3.05, 3.63) is 24.0 Å². The molecule has 3 atom stereocenters. The molecule has 0 aliphatic heterocycles. The first kappa shape index (κ1) is 16.3. The van der Waals surface area contributed by atoms with Crippen LogP contribution in [0.25, 0.3) is 0 Å². The molecule has 0 bridgehead atoms. The minimum atomic E-state index is 0.417. The van der Waals surface area contributed by atoms with E-state index in [1.54, 1.807) is 0 Å². The Labute approximate surface area is 129 Å². The Kier molecular flexibility index (Phi) is 6.50. The number of hydrogen-bond acceptors (Lipinski definition) is 3. The van der Waals surface area contributed by atoms with Crippen LogP contribution in [-0.2, 0) is 0 Å². The summed E-state index contributed by atoms with van der Waals surface area (Å²) in [4.78, 5) is 4.40. The summed E-state index contributed by atoms with van der Waals surface area (Å²) in [7, 11) is 0. The van der Waals surface area contributed by atoms with E-state index in [-0.39, 0.29) is 0 Å². The number of rotatable bonds is 8. The monoisotopic (exact) mass is 290 g/mol. The third-order valence-electron chi connectivity index (χ3n) is 4.54. The lowest BCUT2D eigenvalue weighted by Crippen LogP contribution is -2.30. The van der Waals surface area contributed by atoms with Crippen LogP contribution in [-0.4, -0.2) is 18.1 Å².